The maximum absolute atomic E-state index is 10.6. The minimum atomic E-state index is -1.03. The number of hydrogen-bond donors (Lipinski definition) is 3. The van der Waals surface area contributed by atoms with Gasteiger partial charge in [0, 0.05) is 12.6 Å². The minimum Gasteiger partial charge on any atom is -0.475 e. The van der Waals surface area contributed by atoms with Crippen molar-refractivity contribution in [1.29, 1.82) is 0 Å². The third-order valence-electron chi connectivity index (χ3n) is 2.78. The van der Waals surface area contributed by atoms with Crippen LogP contribution >= 0.6 is 0 Å². The lowest BCUT2D eigenvalue weighted by atomic mass is 10.2. The van der Waals surface area contributed by atoms with Crippen molar-refractivity contribution in [1.82, 2.24) is 0 Å². The van der Waals surface area contributed by atoms with Gasteiger partial charge in [-0.2, -0.15) is 0 Å². The first-order chi connectivity index (χ1) is 6.69. The number of rotatable bonds is 1. The molecule has 0 unspecified atom stereocenters. The fourth-order valence-electron chi connectivity index (χ4n) is 1.75. The molecule has 1 spiro atoms. The Kier molecular flexibility index (Phi) is 1.23. The first-order valence-electron chi connectivity index (χ1n) is 4.58. The number of carboxylic acids is 1. The standard InChI is InChI=1S/C9H10N2O3/c12-8(13)6-3-5-7(14-6)10-4-9(11-5)1-2-9/h3,10-11H,1-2,4H2,(H,12,13). The van der Waals surface area contributed by atoms with Crippen LogP contribution in [-0.2, 0) is 0 Å². The third-order valence-corrected chi connectivity index (χ3v) is 2.78. The number of carboxylic acid groups (broad SMARTS) is 1. The summed E-state index contributed by atoms with van der Waals surface area (Å²) >= 11 is 0. The quantitative estimate of drug-likeness (QED) is 0.629. The molecule has 1 fully saturated rings. The lowest BCUT2D eigenvalue weighted by Gasteiger charge is -2.24. The van der Waals surface area contributed by atoms with Gasteiger partial charge in [0.05, 0.1) is 11.2 Å². The number of aromatic carboxylic acids is 1. The van der Waals surface area contributed by atoms with Gasteiger partial charge < -0.3 is 20.2 Å². The van der Waals surface area contributed by atoms with Crippen LogP contribution in [0.2, 0.25) is 0 Å². The van der Waals surface area contributed by atoms with E-state index in [1.807, 2.05) is 0 Å². The Balaban J connectivity index is 1.97. The molecular weight excluding hydrogens is 184 g/mol. The Morgan fingerprint density at radius 3 is 3.00 bits per heavy atom. The molecule has 0 saturated heterocycles. The zero-order valence-electron chi connectivity index (χ0n) is 7.46. The molecule has 3 rings (SSSR count). The Morgan fingerprint density at radius 2 is 2.36 bits per heavy atom. The normalized spacial score (nSPS) is 20.9. The van der Waals surface area contributed by atoms with Crippen molar-refractivity contribution in [3.05, 3.63) is 11.8 Å². The molecule has 0 amide bonds. The van der Waals surface area contributed by atoms with Crippen molar-refractivity contribution in [2.24, 2.45) is 0 Å². The summed E-state index contributed by atoms with van der Waals surface area (Å²) in [4.78, 5) is 10.6. The molecule has 0 atom stereocenters. The van der Waals surface area contributed by atoms with Crippen LogP contribution in [0.1, 0.15) is 23.4 Å². The van der Waals surface area contributed by atoms with Crippen molar-refractivity contribution >= 4 is 17.5 Å². The molecule has 5 heteroatoms. The molecule has 5 nitrogen and oxygen atoms in total. The van der Waals surface area contributed by atoms with Crippen LogP contribution in [0.25, 0.3) is 0 Å². The average molecular weight is 194 g/mol. The largest absolute Gasteiger partial charge is 0.475 e. The molecule has 0 radical (unpaired) electrons. The minimum absolute atomic E-state index is 0.0206. The van der Waals surface area contributed by atoms with Crippen LogP contribution in [0.4, 0.5) is 11.6 Å². The fraction of sp³-hybridized carbons (Fsp3) is 0.444. The van der Waals surface area contributed by atoms with E-state index in [9.17, 15) is 4.79 Å². The van der Waals surface area contributed by atoms with E-state index in [1.54, 1.807) is 0 Å². The van der Waals surface area contributed by atoms with Crippen LogP contribution in [0, 0.1) is 0 Å². The highest BCUT2D eigenvalue weighted by molar-refractivity contribution is 5.88. The maximum atomic E-state index is 10.6. The number of fused-ring (bicyclic) bond motifs is 1. The van der Waals surface area contributed by atoms with Crippen LogP contribution in [0.3, 0.4) is 0 Å². The predicted molar refractivity (Wildman–Crippen MR) is 49.7 cm³/mol. The van der Waals surface area contributed by atoms with Crippen molar-refractivity contribution in [3.63, 3.8) is 0 Å². The second kappa shape index (κ2) is 2.23. The molecule has 74 valence electrons. The maximum Gasteiger partial charge on any atom is 0.371 e. The van der Waals surface area contributed by atoms with Crippen molar-refractivity contribution < 1.29 is 14.3 Å². The zero-order valence-corrected chi connectivity index (χ0v) is 7.46. The van der Waals surface area contributed by atoms with Crippen molar-refractivity contribution in [2.75, 3.05) is 17.2 Å². The summed E-state index contributed by atoms with van der Waals surface area (Å²) in [5, 5.41) is 15.1. The SMILES string of the molecule is O=C(O)c1cc2c(o1)NCC1(CC1)N2. The Morgan fingerprint density at radius 1 is 1.57 bits per heavy atom. The molecule has 1 saturated carbocycles. The van der Waals surface area contributed by atoms with E-state index < -0.39 is 5.97 Å². The second-order valence-corrected chi connectivity index (χ2v) is 3.92. The van der Waals surface area contributed by atoms with E-state index in [-0.39, 0.29) is 11.3 Å². The number of carbonyl (C=O) groups is 1. The summed E-state index contributed by atoms with van der Waals surface area (Å²) < 4.78 is 5.12. The van der Waals surface area contributed by atoms with Gasteiger partial charge in [-0.15, -0.1) is 0 Å². The van der Waals surface area contributed by atoms with E-state index >= 15 is 0 Å². The van der Waals surface area contributed by atoms with Crippen LogP contribution in [0.5, 0.6) is 0 Å². The molecule has 1 aromatic rings. The lowest BCUT2D eigenvalue weighted by molar-refractivity contribution is 0.0663. The molecule has 3 N–H and O–H groups in total. The van der Waals surface area contributed by atoms with E-state index in [1.165, 1.54) is 6.07 Å². The van der Waals surface area contributed by atoms with E-state index in [0.29, 0.717) is 5.88 Å². The highest BCUT2D eigenvalue weighted by Gasteiger charge is 2.46. The van der Waals surface area contributed by atoms with Gasteiger partial charge in [0.15, 0.2) is 0 Å². The average Bonchev–Trinajstić information content (AvgIpc) is 2.76. The van der Waals surface area contributed by atoms with Gasteiger partial charge >= 0.3 is 5.97 Å². The summed E-state index contributed by atoms with van der Waals surface area (Å²) in [6.07, 6.45) is 2.26. The summed E-state index contributed by atoms with van der Waals surface area (Å²) in [6, 6.07) is 1.53. The molecule has 1 aliphatic heterocycles. The molecule has 0 aromatic carbocycles. The van der Waals surface area contributed by atoms with E-state index in [0.717, 1.165) is 25.1 Å². The van der Waals surface area contributed by atoms with Gasteiger partial charge in [0.2, 0.25) is 11.6 Å². The monoisotopic (exact) mass is 194 g/mol. The van der Waals surface area contributed by atoms with Gasteiger partial charge in [-0.1, -0.05) is 0 Å². The molecule has 2 aliphatic rings. The smallest absolute Gasteiger partial charge is 0.371 e. The van der Waals surface area contributed by atoms with E-state index in [4.69, 9.17) is 9.52 Å². The second-order valence-electron chi connectivity index (χ2n) is 3.92. The van der Waals surface area contributed by atoms with Gasteiger partial charge in [-0.05, 0) is 12.8 Å². The number of furan rings is 1. The predicted octanol–water partition coefficient (Wildman–Crippen LogP) is 1.35. The highest BCUT2D eigenvalue weighted by atomic mass is 16.4. The Labute approximate surface area is 80.1 Å². The fourth-order valence-corrected chi connectivity index (χ4v) is 1.75. The van der Waals surface area contributed by atoms with Gasteiger partial charge in [-0.3, -0.25) is 0 Å². The molecule has 1 aliphatic carbocycles. The van der Waals surface area contributed by atoms with Crippen molar-refractivity contribution in [2.45, 2.75) is 18.4 Å². The van der Waals surface area contributed by atoms with Crippen LogP contribution < -0.4 is 10.6 Å². The highest BCUT2D eigenvalue weighted by Crippen LogP contribution is 2.45. The van der Waals surface area contributed by atoms with Gasteiger partial charge in [0.25, 0.3) is 0 Å². The summed E-state index contributed by atoms with van der Waals surface area (Å²) in [5.41, 5.74) is 0.929. The summed E-state index contributed by atoms with van der Waals surface area (Å²) in [7, 11) is 0. The van der Waals surface area contributed by atoms with Gasteiger partial charge in [0.1, 0.15) is 0 Å². The molecule has 2 heterocycles. The molecule has 1 aromatic heterocycles. The summed E-state index contributed by atoms with van der Waals surface area (Å²) in [6.45, 7) is 0.812. The first kappa shape index (κ1) is 7.73. The van der Waals surface area contributed by atoms with Gasteiger partial charge in [-0.25, -0.2) is 4.79 Å². The molecule has 0 bridgehead atoms. The number of anilines is 2. The Hall–Kier alpha value is -1.65. The lowest BCUT2D eigenvalue weighted by Crippen LogP contribution is -2.34. The zero-order chi connectivity index (χ0) is 9.76. The third kappa shape index (κ3) is 0.982. The van der Waals surface area contributed by atoms with Crippen LogP contribution in [0.15, 0.2) is 10.5 Å². The summed E-state index contributed by atoms with van der Waals surface area (Å²) in [5.74, 6) is -0.513. The van der Waals surface area contributed by atoms with Crippen molar-refractivity contribution in [3.8, 4) is 0 Å². The van der Waals surface area contributed by atoms with E-state index in [2.05, 4.69) is 10.6 Å². The molecule has 14 heavy (non-hydrogen) atoms. The first-order valence-corrected chi connectivity index (χ1v) is 4.58. The van der Waals surface area contributed by atoms with Crippen LogP contribution in [-0.4, -0.2) is 23.2 Å². The Bertz CT molecular complexity index is 406. The number of nitrogens with one attached hydrogen (secondary N) is 2. The number of hydrogen-bond acceptors (Lipinski definition) is 4. The molecular formula is C9H10N2O3. The topological polar surface area (TPSA) is 74.5 Å².